The highest BCUT2D eigenvalue weighted by atomic mass is 79.9. The van der Waals surface area contributed by atoms with Crippen LogP contribution in [0.15, 0.2) is 10.7 Å². The number of nitrogens with zero attached hydrogens (tertiary/aromatic N) is 3. The predicted octanol–water partition coefficient (Wildman–Crippen LogP) is 1.76. The van der Waals surface area contributed by atoms with Gasteiger partial charge in [0.25, 0.3) is 0 Å². The molecule has 0 bridgehead atoms. The molecule has 0 fully saturated rings. The molecule has 0 aromatic carbocycles. The highest BCUT2D eigenvalue weighted by molar-refractivity contribution is 9.10. The van der Waals surface area contributed by atoms with Crippen LogP contribution >= 0.6 is 15.9 Å². The van der Waals surface area contributed by atoms with E-state index in [4.69, 9.17) is 5.84 Å². The Balaban J connectivity index is 3.02. The molecule has 0 saturated carbocycles. The van der Waals surface area contributed by atoms with E-state index in [2.05, 4.69) is 66.2 Å². The van der Waals surface area contributed by atoms with E-state index < -0.39 is 0 Å². The zero-order valence-corrected chi connectivity index (χ0v) is 13.5. The van der Waals surface area contributed by atoms with Gasteiger partial charge in [0.1, 0.15) is 0 Å². The van der Waals surface area contributed by atoms with Gasteiger partial charge in [-0.15, -0.1) is 0 Å². The van der Waals surface area contributed by atoms with Gasteiger partial charge in [-0.3, -0.25) is 16.0 Å². The van der Waals surface area contributed by atoms with E-state index in [0.717, 1.165) is 23.3 Å². The lowest BCUT2D eigenvalue weighted by Crippen LogP contribution is -2.39. The van der Waals surface area contributed by atoms with Crippen LogP contribution in [-0.2, 0) is 6.54 Å². The van der Waals surface area contributed by atoms with Crippen LogP contribution in [0.3, 0.4) is 0 Å². The van der Waals surface area contributed by atoms with Gasteiger partial charge in [0.15, 0.2) is 0 Å². The number of nitrogens with one attached hydrogen (secondary N) is 1. The Kier molecular flexibility index (Phi) is 5.33. The molecule has 3 N–H and O–H groups in total. The van der Waals surface area contributed by atoms with Gasteiger partial charge in [0.05, 0.1) is 29.0 Å². The Bertz CT molecular complexity index is 380. The Morgan fingerprint density at radius 3 is 2.56 bits per heavy atom. The van der Waals surface area contributed by atoms with Crippen molar-refractivity contribution in [2.45, 2.75) is 33.4 Å². The first kappa shape index (κ1) is 15.6. The van der Waals surface area contributed by atoms with Crippen molar-refractivity contribution >= 4 is 15.9 Å². The third-order valence-corrected chi connectivity index (χ3v) is 3.51. The van der Waals surface area contributed by atoms with Crippen molar-refractivity contribution in [3.63, 3.8) is 0 Å². The van der Waals surface area contributed by atoms with Crippen LogP contribution in [0.1, 0.15) is 32.5 Å². The van der Waals surface area contributed by atoms with E-state index in [0.29, 0.717) is 0 Å². The maximum atomic E-state index is 5.72. The topological polar surface area (TPSA) is 59.1 Å². The van der Waals surface area contributed by atoms with Crippen molar-refractivity contribution in [2.24, 2.45) is 11.3 Å². The minimum atomic E-state index is 0.0210. The molecule has 0 aliphatic rings. The first-order valence-electron chi connectivity index (χ1n) is 6.09. The number of hydrogen-bond donors (Lipinski definition) is 2. The molecule has 0 saturated heterocycles. The second kappa shape index (κ2) is 6.14. The maximum absolute atomic E-state index is 5.72. The summed E-state index contributed by atoms with van der Waals surface area (Å²) >= 11 is 3.57. The van der Waals surface area contributed by atoms with E-state index in [1.54, 1.807) is 0 Å². The highest BCUT2D eigenvalue weighted by Gasteiger charge is 2.30. The maximum Gasteiger partial charge on any atom is 0.0715 e. The summed E-state index contributed by atoms with van der Waals surface area (Å²) in [7, 11) is 4.11. The molecular formula is C12H24BrN5. The fourth-order valence-electron chi connectivity index (χ4n) is 1.87. The standard InChI is InChI=1S/C12H24BrN5/c1-12(2,3)11(16-14)10-9(13)8-15-18(10)7-6-17(4)5/h8,11,16H,6-7,14H2,1-5H3. The lowest BCUT2D eigenvalue weighted by atomic mass is 9.85. The molecule has 1 aromatic rings. The van der Waals surface area contributed by atoms with Gasteiger partial charge < -0.3 is 4.90 Å². The van der Waals surface area contributed by atoms with Gasteiger partial charge in [-0.05, 0) is 35.4 Å². The summed E-state index contributed by atoms with van der Waals surface area (Å²) in [5, 5.41) is 4.42. The molecule has 0 spiro atoms. The molecule has 0 aliphatic heterocycles. The molecule has 1 aromatic heterocycles. The fraction of sp³-hybridized carbons (Fsp3) is 0.750. The van der Waals surface area contributed by atoms with Crippen molar-refractivity contribution in [3.05, 3.63) is 16.4 Å². The van der Waals surface area contributed by atoms with Crippen molar-refractivity contribution in [2.75, 3.05) is 20.6 Å². The van der Waals surface area contributed by atoms with Crippen molar-refractivity contribution in [1.82, 2.24) is 20.1 Å². The van der Waals surface area contributed by atoms with Gasteiger partial charge >= 0.3 is 0 Å². The van der Waals surface area contributed by atoms with Crippen LogP contribution in [-0.4, -0.2) is 35.3 Å². The summed E-state index contributed by atoms with van der Waals surface area (Å²) in [4.78, 5) is 2.14. The molecule has 1 rings (SSSR count). The van der Waals surface area contributed by atoms with E-state index >= 15 is 0 Å². The Morgan fingerprint density at radius 1 is 1.50 bits per heavy atom. The first-order valence-corrected chi connectivity index (χ1v) is 6.88. The number of rotatable bonds is 5. The van der Waals surface area contributed by atoms with Crippen LogP contribution in [0.5, 0.6) is 0 Å². The van der Waals surface area contributed by atoms with Crippen LogP contribution in [0.2, 0.25) is 0 Å². The molecule has 104 valence electrons. The molecule has 5 nitrogen and oxygen atoms in total. The monoisotopic (exact) mass is 317 g/mol. The highest BCUT2D eigenvalue weighted by Crippen LogP contribution is 2.35. The quantitative estimate of drug-likeness (QED) is 0.641. The molecule has 0 amide bonds. The minimum Gasteiger partial charge on any atom is -0.308 e. The smallest absolute Gasteiger partial charge is 0.0715 e. The third-order valence-electron chi connectivity index (χ3n) is 2.90. The Hall–Kier alpha value is -0.430. The van der Waals surface area contributed by atoms with Crippen molar-refractivity contribution in [3.8, 4) is 0 Å². The Morgan fingerprint density at radius 2 is 2.11 bits per heavy atom. The molecule has 1 atom stereocenters. The zero-order valence-electron chi connectivity index (χ0n) is 11.9. The summed E-state index contributed by atoms with van der Waals surface area (Å²) in [5.74, 6) is 5.72. The predicted molar refractivity (Wildman–Crippen MR) is 78.0 cm³/mol. The second-order valence-corrected chi connectivity index (χ2v) is 6.72. The van der Waals surface area contributed by atoms with E-state index in [1.165, 1.54) is 0 Å². The van der Waals surface area contributed by atoms with Crippen molar-refractivity contribution < 1.29 is 0 Å². The average molecular weight is 318 g/mol. The van der Waals surface area contributed by atoms with Gasteiger partial charge in [-0.25, -0.2) is 0 Å². The lowest BCUT2D eigenvalue weighted by Gasteiger charge is -2.31. The number of likely N-dealkylation sites (N-methyl/N-ethyl adjacent to an activating group) is 1. The summed E-state index contributed by atoms with van der Waals surface area (Å²) in [6.07, 6.45) is 1.83. The van der Waals surface area contributed by atoms with Crippen molar-refractivity contribution in [1.29, 1.82) is 0 Å². The minimum absolute atomic E-state index is 0.0210. The number of hydrogen-bond acceptors (Lipinski definition) is 4. The summed E-state index contributed by atoms with van der Waals surface area (Å²) < 4.78 is 3.01. The van der Waals surface area contributed by atoms with Gasteiger partial charge in [0, 0.05) is 6.54 Å². The number of hydrazine groups is 1. The molecule has 0 radical (unpaired) electrons. The largest absolute Gasteiger partial charge is 0.308 e. The fourth-order valence-corrected chi connectivity index (χ4v) is 2.40. The Labute approximate surface area is 118 Å². The lowest BCUT2D eigenvalue weighted by molar-refractivity contribution is 0.256. The van der Waals surface area contributed by atoms with Crippen LogP contribution in [0.4, 0.5) is 0 Å². The zero-order chi connectivity index (χ0) is 13.9. The first-order chi connectivity index (χ1) is 8.27. The number of nitrogens with two attached hydrogens (primary N) is 1. The molecule has 18 heavy (non-hydrogen) atoms. The molecule has 0 aliphatic carbocycles. The van der Waals surface area contributed by atoms with E-state index in [1.807, 2.05) is 10.9 Å². The van der Waals surface area contributed by atoms with E-state index in [-0.39, 0.29) is 11.5 Å². The van der Waals surface area contributed by atoms with Gasteiger partial charge in [0.2, 0.25) is 0 Å². The summed E-state index contributed by atoms with van der Waals surface area (Å²) in [5.41, 5.74) is 4.03. The molecule has 6 heteroatoms. The molecular weight excluding hydrogens is 294 g/mol. The second-order valence-electron chi connectivity index (χ2n) is 5.87. The molecule has 1 heterocycles. The van der Waals surface area contributed by atoms with Crippen LogP contribution in [0, 0.1) is 5.41 Å². The van der Waals surface area contributed by atoms with Gasteiger partial charge in [-0.2, -0.15) is 5.10 Å². The summed E-state index contributed by atoms with van der Waals surface area (Å²) in [6.45, 7) is 8.28. The average Bonchev–Trinajstić information content (AvgIpc) is 2.57. The number of aromatic nitrogens is 2. The van der Waals surface area contributed by atoms with Crippen LogP contribution < -0.4 is 11.3 Å². The SMILES string of the molecule is CN(C)CCn1ncc(Br)c1C(NN)C(C)(C)C. The summed E-state index contributed by atoms with van der Waals surface area (Å²) in [6, 6.07) is 0.0523. The number of halogens is 1. The van der Waals surface area contributed by atoms with Gasteiger partial charge in [-0.1, -0.05) is 20.8 Å². The third kappa shape index (κ3) is 3.78. The molecule has 1 unspecified atom stereocenters. The van der Waals surface area contributed by atoms with Crippen LogP contribution in [0.25, 0.3) is 0 Å². The normalized spacial score (nSPS) is 14.2. The van der Waals surface area contributed by atoms with E-state index in [9.17, 15) is 0 Å².